The number of carbonyl (C=O) groups is 7. The molecule has 4 fully saturated rings. The standard InChI is InChI=1S/C48H52F2N4O11S/c1-25(51-39(59)17-19-54-40(60)14-15-41(54)61)42(62)52-26(2)43(63)53(5)28-8-12-31(13-9-28)66-30-10-6-27(7-11-30)44-64-38-22-32-33-21-35(49)34-20-29(56)16-18-45(34,3)47(33,50)36(57)23-46(32,4)48(38,65-44)37(58)24-55/h6-16,18,20,25-26,32-33,35-36,38,44,55,57H,17,19,21-24H2,1-5H3,(H,51,59)(H,52,62)/t25-,26-,32-,33-,35-,36-,38+,44-,45-,46-,47-,48+/m0/s1. The molecule has 350 valence electrons. The van der Waals surface area contributed by atoms with Crippen molar-refractivity contribution in [2.24, 2.45) is 22.7 Å². The predicted molar refractivity (Wildman–Crippen MR) is 234 cm³/mol. The quantitative estimate of drug-likeness (QED) is 0.212. The first-order chi connectivity index (χ1) is 31.2. The van der Waals surface area contributed by atoms with Gasteiger partial charge < -0.3 is 35.2 Å². The second-order valence-corrected chi connectivity index (χ2v) is 19.6. The van der Waals surface area contributed by atoms with Crippen LogP contribution in [0.15, 0.2) is 94.3 Å². The van der Waals surface area contributed by atoms with E-state index in [1.54, 1.807) is 38.2 Å². The molecule has 18 heteroatoms. The highest BCUT2D eigenvalue weighted by molar-refractivity contribution is 7.99. The molecular weight excluding hydrogens is 879 g/mol. The van der Waals surface area contributed by atoms with Crippen molar-refractivity contribution in [2.45, 2.75) is 111 Å². The number of fused-ring (bicyclic) bond motifs is 7. The van der Waals surface area contributed by atoms with Gasteiger partial charge in [-0.15, -0.1) is 0 Å². The molecule has 0 spiro atoms. The van der Waals surface area contributed by atoms with E-state index in [0.29, 0.717) is 11.3 Å². The molecule has 8 rings (SSSR count). The van der Waals surface area contributed by atoms with Gasteiger partial charge in [0.2, 0.25) is 17.7 Å². The summed E-state index contributed by atoms with van der Waals surface area (Å²) in [6.07, 6.45) is 0.0565. The summed E-state index contributed by atoms with van der Waals surface area (Å²) >= 11 is 1.43. The number of imide groups is 1. The minimum Gasteiger partial charge on any atom is -0.390 e. The Morgan fingerprint density at radius 1 is 0.924 bits per heavy atom. The van der Waals surface area contributed by atoms with Crippen molar-refractivity contribution in [2.75, 3.05) is 25.1 Å². The van der Waals surface area contributed by atoms with Crippen LogP contribution in [0, 0.1) is 22.7 Å². The smallest absolute Gasteiger partial charge is 0.253 e. The first-order valence-electron chi connectivity index (χ1n) is 21.9. The molecular formula is C48H52F2N4O11S. The van der Waals surface area contributed by atoms with E-state index < -0.39 is 118 Å². The second kappa shape index (κ2) is 17.4. The van der Waals surface area contributed by atoms with E-state index >= 15 is 8.78 Å². The number of nitrogens with one attached hydrogen (secondary N) is 2. The van der Waals surface area contributed by atoms with Gasteiger partial charge in [-0.2, -0.15) is 0 Å². The molecule has 5 amide bonds. The average molecular weight is 931 g/mol. The van der Waals surface area contributed by atoms with Crippen LogP contribution in [0.5, 0.6) is 0 Å². The van der Waals surface area contributed by atoms with E-state index in [2.05, 4.69) is 10.6 Å². The Balaban J connectivity index is 0.878. The number of hydrogen-bond acceptors (Lipinski definition) is 12. The molecule has 1 saturated heterocycles. The molecule has 3 saturated carbocycles. The van der Waals surface area contributed by atoms with Gasteiger partial charge in [0, 0.05) is 70.0 Å². The molecule has 4 aliphatic carbocycles. The second-order valence-electron chi connectivity index (χ2n) is 18.5. The number of benzene rings is 2. The van der Waals surface area contributed by atoms with Crippen molar-refractivity contribution < 1.29 is 62.0 Å². The lowest BCUT2D eigenvalue weighted by Gasteiger charge is -2.63. The summed E-state index contributed by atoms with van der Waals surface area (Å²) in [4.78, 5) is 92.0. The minimum absolute atomic E-state index is 0.000402. The number of Topliss-reactive ketones (excluding diaryl/α,β-unsaturated/α-hetero) is 1. The molecule has 66 heavy (non-hydrogen) atoms. The predicted octanol–water partition coefficient (Wildman–Crippen LogP) is 3.77. The Bertz CT molecular complexity index is 2450. The summed E-state index contributed by atoms with van der Waals surface area (Å²) in [7, 11) is 1.57. The van der Waals surface area contributed by atoms with Crippen LogP contribution in [0.1, 0.15) is 65.2 Å². The number of carbonyl (C=O) groups excluding carboxylic acids is 7. The zero-order valence-electron chi connectivity index (χ0n) is 37.0. The third-order valence-electron chi connectivity index (χ3n) is 14.8. The van der Waals surface area contributed by atoms with Crippen molar-refractivity contribution in [1.82, 2.24) is 15.5 Å². The lowest BCUT2D eigenvalue weighted by atomic mass is 9.44. The Morgan fingerprint density at radius 2 is 1.56 bits per heavy atom. The molecule has 6 aliphatic rings. The molecule has 12 atom stereocenters. The summed E-state index contributed by atoms with van der Waals surface area (Å²) in [5.41, 5.74) is -5.82. The van der Waals surface area contributed by atoms with Gasteiger partial charge in [0.15, 0.2) is 29.1 Å². The average Bonchev–Trinajstić information content (AvgIpc) is 3.92. The number of aliphatic hydroxyl groups excluding tert-OH is 2. The number of hydrogen-bond donors (Lipinski definition) is 4. The zero-order chi connectivity index (χ0) is 47.7. The Morgan fingerprint density at radius 3 is 2.20 bits per heavy atom. The SMILES string of the molecule is C[C@H](NC(=O)CCN1C(=O)C=CC1=O)C(=O)N[C@@H](C)C(=O)N(C)c1ccc(Sc2ccc([C@H]3O[C@@H]4C[C@H]5[C@@H]6C[C@H](F)C7=CC(=O)C=C[C@]7(C)[C@@]6(F)[C@@H](O)C[C@]5(C)[C@]4(C(=O)CO)O3)cc2)cc1. The number of aliphatic hydroxyl groups is 2. The van der Waals surface area contributed by atoms with E-state index in [1.165, 1.54) is 49.6 Å². The largest absolute Gasteiger partial charge is 0.390 e. The Labute approximate surface area is 384 Å². The van der Waals surface area contributed by atoms with Crippen molar-refractivity contribution in [3.8, 4) is 0 Å². The fraction of sp³-hybridized carbons (Fsp3) is 0.479. The van der Waals surface area contributed by atoms with Crippen LogP contribution >= 0.6 is 11.8 Å². The highest BCUT2D eigenvalue weighted by Crippen LogP contribution is 2.72. The first-order valence-corrected chi connectivity index (χ1v) is 22.7. The van der Waals surface area contributed by atoms with Crippen LogP contribution < -0.4 is 15.5 Å². The molecule has 2 heterocycles. The van der Waals surface area contributed by atoms with E-state index in [0.717, 1.165) is 32.9 Å². The van der Waals surface area contributed by atoms with Gasteiger partial charge in [-0.25, -0.2) is 8.78 Å². The van der Waals surface area contributed by atoms with Gasteiger partial charge in [-0.05, 0) is 100 Å². The third kappa shape index (κ3) is 7.54. The fourth-order valence-electron chi connectivity index (χ4n) is 11.3. The number of allylic oxidation sites excluding steroid dienone is 4. The van der Waals surface area contributed by atoms with Crippen LogP contribution in [0.3, 0.4) is 0 Å². The number of amides is 5. The van der Waals surface area contributed by atoms with Crippen LogP contribution in [-0.2, 0) is 43.0 Å². The maximum Gasteiger partial charge on any atom is 0.253 e. The first kappa shape index (κ1) is 47.1. The lowest BCUT2D eigenvalue weighted by molar-refractivity contribution is -0.235. The summed E-state index contributed by atoms with van der Waals surface area (Å²) in [5, 5.41) is 27.2. The highest BCUT2D eigenvalue weighted by Gasteiger charge is 2.80. The summed E-state index contributed by atoms with van der Waals surface area (Å²) in [6, 6.07) is 12.5. The molecule has 15 nitrogen and oxygen atoms in total. The van der Waals surface area contributed by atoms with E-state index in [1.807, 2.05) is 24.3 Å². The third-order valence-corrected chi connectivity index (χ3v) is 15.8. The van der Waals surface area contributed by atoms with Gasteiger partial charge in [-0.1, -0.05) is 36.9 Å². The number of nitrogens with zero attached hydrogens (tertiary/aromatic N) is 2. The number of ketones is 2. The highest BCUT2D eigenvalue weighted by atomic mass is 32.2. The molecule has 4 N–H and O–H groups in total. The van der Waals surface area contributed by atoms with Gasteiger partial charge in [0.25, 0.3) is 11.8 Å². The number of halogens is 2. The maximum atomic E-state index is 17.7. The van der Waals surface area contributed by atoms with E-state index in [-0.39, 0.29) is 37.8 Å². The molecule has 2 aliphatic heterocycles. The molecule has 0 radical (unpaired) electrons. The van der Waals surface area contributed by atoms with Crippen LogP contribution in [-0.4, -0.2) is 118 Å². The van der Waals surface area contributed by atoms with E-state index in [9.17, 15) is 43.8 Å². The number of rotatable bonds is 13. The van der Waals surface area contributed by atoms with Gasteiger partial charge in [-0.3, -0.25) is 38.5 Å². The normalized spacial score (nSPS) is 33.9. The topological polar surface area (TPSA) is 209 Å². The lowest BCUT2D eigenvalue weighted by Crippen LogP contribution is -2.70. The molecule has 2 aromatic carbocycles. The minimum atomic E-state index is -2.35. The monoisotopic (exact) mass is 930 g/mol. The summed E-state index contributed by atoms with van der Waals surface area (Å²) < 4.78 is 46.8. The van der Waals surface area contributed by atoms with Crippen LogP contribution in [0.25, 0.3) is 0 Å². The number of likely N-dealkylation sites (N-methyl/N-ethyl adjacent to an activating group) is 1. The molecule has 0 unspecified atom stereocenters. The van der Waals surface area contributed by atoms with Crippen LogP contribution in [0.4, 0.5) is 14.5 Å². The van der Waals surface area contributed by atoms with Crippen LogP contribution in [0.2, 0.25) is 0 Å². The van der Waals surface area contributed by atoms with Crippen molar-refractivity contribution >= 4 is 58.6 Å². The van der Waals surface area contributed by atoms with Gasteiger partial charge in [0.1, 0.15) is 24.9 Å². The van der Waals surface area contributed by atoms with Crippen molar-refractivity contribution in [3.63, 3.8) is 0 Å². The molecule has 0 aromatic heterocycles. The van der Waals surface area contributed by atoms with E-state index in [4.69, 9.17) is 9.47 Å². The zero-order valence-corrected chi connectivity index (χ0v) is 37.8. The Hall–Kier alpha value is -5.40. The van der Waals surface area contributed by atoms with Gasteiger partial charge in [0.05, 0.1) is 12.2 Å². The maximum absolute atomic E-state index is 17.7. The summed E-state index contributed by atoms with van der Waals surface area (Å²) in [6.45, 7) is 5.20. The molecule has 0 bridgehead atoms. The Kier molecular flexibility index (Phi) is 12.4. The summed E-state index contributed by atoms with van der Waals surface area (Å²) in [5.74, 6) is -5.42. The van der Waals surface area contributed by atoms with Crippen molar-refractivity contribution in [3.05, 3.63) is 90.0 Å². The number of ether oxygens (including phenoxy) is 2. The molecule has 2 aromatic rings. The number of alkyl halides is 2. The van der Waals surface area contributed by atoms with Gasteiger partial charge >= 0.3 is 0 Å². The van der Waals surface area contributed by atoms with Crippen molar-refractivity contribution in [1.29, 1.82) is 0 Å². The number of anilines is 1. The fourth-order valence-corrected chi connectivity index (χ4v) is 12.2.